The lowest BCUT2D eigenvalue weighted by Gasteiger charge is -2.29. The van der Waals surface area contributed by atoms with Crippen LogP contribution in [0.3, 0.4) is 0 Å². The maximum Gasteiger partial charge on any atom is 0.175 e. The van der Waals surface area contributed by atoms with Gasteiger partial charge in [-0.2, -0.15) is 0 Å². The van der Waals surface area contributed by atoms with E-state index in [2.05, 4.69) is 27.3 Å². The van der Waals surface area contributed by atoms with Crippen LogP contribution in [0.2, 0.25) is 0 Å². The Morgan fingerprint density at radius 2 is 2.06 bits per heavy atom. The molecule has 1 aromatic heterocycles. The van der Waals surface area contributed by atoms with Gasteiger partial charge in [-0.15, -0.1) is 0 Å². The molecule has 4 heteroatoms. The lowest BCUT2D eigenvalue weighted by Crippen LogP contribution is -2.43. The van der Waals surface area contributed by atoms with E-state index in [9.17, 15) is 4.79 Å². The standard InChI is InChI=1S/C14H17N3O/c1-10(18)12-9-11-3-2-4-13(14(11)16-12)17-7-5-15-6-8-17/h2-4,9,15-16H,5-8H2,1H3. The van der Waals surface area contributed by atoms with Crippen LogP contribution in [-0.2, 0) is 0 Å². The molecule has 1 saturated heterocycles. The van der Waals surface area contributed by atoms with Gasteiger partial charge >= 0.3 is 0 Å². The van der Waals surface area contributed by atoms with Crippen molar-refractivity contribution >= 4 is 22.4 Å². The van der Waals surface area contributed by atoms with Gasteiger partial charge in [-0.1, -0.05) is 12.1 Å². The Kier molecular flexibility index (Phi) is 2.80. The molecule has 0 unspecified atom stereocenters. The van der Waals surface area contributed by atoms with E-state index in [1.54, 1.807) is 6.92 Å². The minimum atomic E-state index is 0.0810. The second-order valence-electron chi connectivity index (χ2n) is 4.72. The third-order valence-electron chi connectivity index (χ3n) is 3.47. The van der Waals surface area contributed by atoms with Crippen molar-refractivity contribution in [1.29, 1.82) is 0 Å². The zero-order valence-electron chi connectivity index (χ0n) is 10.5. The molecule has 0 spiro atoms. The molecule has 0 amide bonds. The van der Waals surface area contributed by atoms with Crippen molar-refractivity contribution in [3.05, 3.63) is 30.0 Å². The Hall–Kier alpha value is -1.81. The summed E-state index contributed by atoms with van der Waals surface area (Å²) in [6.07, 6.45) is 0. The Morgan fingerprint density at radius 3 is 2.78 bits per heavy atom. The molecule has 2 heterocycles. The van der Waals surface area contributed by atoms with Gasteiger partial charge < -0.3 is 15.2 Å². The largest absolute Gasteiger partial charge is 0.367 e. The molecule has 18 heavy (non-hydrogen) atoms. The summed E-state index contributed by atoms with van der Waals surface area (Å²) in [5.74, 6) is 0.0810. The number of carbonyl (C=O) groups is 1. The lowest BCUT2D eigenvalue weighted by molar-refractivity contribution is 0.101. The third kappa shape index (κ3) is 1.88. The number of rotatable bonds is 2. The minimum absolute atomic E-state index is 0.0810. The molecule has 2 aromatic rings. The zero-order valence-corrected chi connectivity index (χ0v) is 10.5. The van der Waals surface area contributed by atoms with Crippen LogP contribution in [-0.4, -0.2) is 36.9 Å². The molecule has 4 nitrogen and oxygen atoms in total. The molecule has 0 atom stereocenters. The molecular weight excluding hydrogens is 226 g/mol. The normalized spacial score (nSPS) is 16.2. The van der Waals surface area contributed by atoms with Crippen LogP contribution in [0, 0.1) is 0 Å². The van der Waals surface area contributed by atoms with Crippen molar-refractivity contribution in [2.75, 3.05) is 31.1 Å². The molecule has 1 aliphatic heterocycles. The highest BCUT2D eigenvalue weighted by Crippen LogP contribution is 2.27. The number of ketones is 1. The molecule has 0 bridgehead atoms. The van der Waals surface area contributed by atoms with Crippen LogP contribution in [0.25, 0.3) is 10.9 Å². The van der Waals surface area contributed by atoms with Gasteiger partial charge in [0.05, 0.1) is 16.9 Å². The number of piperazine rings is 1. The number of carbonyl (C=O) groups excluding carboxylic acids is 1. The molecule has 3 rings (SSSR count). The molecule has 1 aliphatic rings. The second-order valence-corrected chi connectivity index (χ2v) is 4.72. The first kappa shape index (κ1) is 11.3. The van der Waals surface area contributed by atoms with Crippen LogP contribution in [0.1, 0.15) is 17.4 Å². The SMILES string of the molecule is CC(=O)c1cc2cccc(N3CCNCC3)c2[nH]1. The quantitative estimate of drug-likeness (QED) is 0.790. The summed E-state index contributed by atoms with van der Waals surface area (Å²) in [7, 11) is 0. The van der Waals surface area contributed by atoms with Crippen molar-refractivity contribution in [1.82, 2.24) is 10.3 Å². The van der Waals surface area contributed by atoms with E-state index in [0.29, 0.717) is 5.69 Å². The second kappa shape index (κ2) is 4.46. The van der Waals surface area contributed by atoms with Gasteiger partial charge in [-0.3, -0.25) is 4.79 Å². The van der Waals surface area contributed by atoms with Crippen molar-refractivity contribution in [3.63, 3.8) is 0 Å². The number of fused-ring (bicyclic) bond motifs is 1. The first-order chi connectivity index (χ1) is 8.75. The summed E-state index contributed by atoms with van der Waals surface area (Å²) in [4.78, 5) is 17.1. The van der Waals surface area contributed by atoms with Crippen LogP contribution < -0.4 is 10.2 Å². The fraction of sp³-hybridized carbons (Fsp3) is 0.357. The topological polar surface area (TPSA) is 48.1 Å². The highest BCUT2D eigenvalue weighted by molar-refractivity contribution is 6.01. The number of nitrogens with one attached hydrogen (secondary N) is 2. The highest BCUT2D eigenvalue weighted by Gasteiger charge is 2.15. The maximum absolute atomic E-state index is 11.4. The highest BCUT2D eigenvalue weighted by atomic mass is 16.1. The Morgan fingerprint density at radius 1 is 1.28 bits per heavy atom. The summed E-state index contributed by atoms with van der Waals surface area (Å²) in [6, 6.07) is 8.15. The van der Waals surface area contributed by atoms with Crippen LogP contribution in [0.15, 0.2) is 24.3 Å². The molecule has 2 N–H and O–H groups in total. The van der Waals surface area contributed by atoms with Crippen molar-refractivity contribution in [2.45, 2.75) is 6.92 Å². The zero-order chi connectivity index (χ0) is 12.5. The number of hydrogen-bond acceptors (Lipinski definition) is 3. The van der Waals surface area contributed by atoms with Crippen molar-refractivity contribution in [3.8, 4) is 0 Å². The van der Waals surface area contributed by atoms with Gasteiger partial charge in [0.15, 0.2) is 5.78 Å². The Balaban J connectivity index is 2.07. The predicted octanol–water partition coefficient (Wildman–Crippen LogP) is 1.78. The van der Waals surface area contributed by atoms with Crippen LogP contribution in [0.4, 0.5) is 5.69 Å². The summed E-state index contributed by atoms with van der Waals surface area (Å²) >= 11 is 0. The lowest BCUT2D eigenvalue weighted by atomic mass is 10.2. The van der Waals surface area contributed by atoms with E-state index in [4.69, 9.17) is 0 Å². The minimum Gasteiger partial charge on any atom is -0.367 e. The van der Waals surface area contributed by atoms with Crippen LogP contribution >= 0.6 is 0 Å². The number of aromatic nitrogens is 1. The van der Waals surface area contributed by atoms with Gasteiger partial charge in [0.25, 0.3) is 0 Å². The number of anilines is 1. The smallest absolute Gasteiger partial charge is 0.175 e. The average molecular weight is 243 g/mol. The number of Topliss-reactive ketones (excluding diaryl/α,β-unsaturated/α-hetero) is 1. The van der Waals surface area contributed by atoms with E-state index in [-0.39, 0.29) is 5.78 Å². The van der Waals surface area contributed by atoms with E-state index < -0.39 is 0 Å². The fourth-order valence-electron chi connectivity index (χ4n) is 2.50. The molecular formula is C14H17N3O. The predicted molar refractivity (Wildman–Crippen MR) is 73.4 cm³/mol. The van der Waals surface area contributed by atoms with E-state index in [1.807, 2.05) is 12.1 Å². The van der Waals surface area contributed by atoms with E-state index in [1.165, 1.54) is 5.69 Å². The van der Waals surface area contributed by atoms with Crippen molar-refractivity contribution in [2.24, 2.45) is 0 Å². The van der Waals surface area contributed by atoms with Crippen LogP contribution in [0.5, 0.6) is 0 Å². The van der Waals surface area contributed by atoms with Gasteiger partial charge in [-0.25, -0.2) is 0 Å². The molecule has 94 valence electrons. The number of hydrogen-bond donors (Lipinski definition) is 2. The maximum atomic E-state index is 11.4. The molecule has 0 radical (unpaired) electrons. The first-order valence-corrected chi connectivity index (χ1v) is 6.34. The summed E-state index contributed by atoms with van der Waals surface area (Å²) in [5, 5.41) is 4.46. The monoisotopic (exact) mass is 243 g/mol. The number of para-hydroxylation sites is 1. The van der Waals surface area contributed by atoms with Gasteiger partial charge in [0, 0.05) is 38.5 Å². The summed E-state index contributed by atoms with van der Waals surface area (Å²) in [6.45, 7) is 5.63. The van der Waals surface area contributed by atoms with Gasteiger partial charge in [-0.05, 0) is 12.1 Å². The number of nitrogens with zero attached hydrogens (tertiary/aromatic N) is 1. The number of aromatic amines is 1. The number of H-pyrrole nitrogens is 1. The van der Waals surface area contributed by atoms with E-state index >= 15 is 0 Å². The first-order valence-electron chi connectivity index (χ1n) is 6.34. The number of benzene rings is 1. The average Bonchev–Trinajstić information content (AvgIpc) is 2.83. The van der Waals surface area contributed by atoms with Crippen molar-refractivity contribution < 1.29 is 4.79 Å². The van der Waals surface area contributed by atoms with E-state index in [0.717, 1.165) is 37.1 Å². The van der Waals surface area contributed by atoms with Gasteiger partial charge in [0.2, 0.25) is 0 Å². The fourth-order valence-corrected chi connectivity index (χ4v) is 2.50. The Bertz CT molecular complexity index is 582. The molecule has 1 aromatic carbocycles. The Labute approximate surface area is 106 Å². The summed E-state index contributed by atoms with van der Waals surface area (Å²) < 4.78 is 0. The molecule has 0 saturated carbocycles. The molecule has 0 aliphatic carbocycles. The third-order valence-corrected chi connectivity index (χ3v) is 3.47. The van der Waals surface area contributed by atoms with Gasteiger partial charge in [0.1, 0.15) is 0 Å². The molecule has 1 fully saturated rings. The summed E-state index contributed by atoms with van der Waals surface area (Å²) in [5.41, 5.74) is 2.96.